The Morgan fingerprint density at radius 2 is 1.70 bits per heavy atom. The van der Waals surface area contributed by atoms with E-state index in [9.17, 15) is 10.2 Å². The van der Waals surface area contributed by atoms with Gasteiger partial charge in [0.05, 0.1) is 0 Å². The minimum atomic E-state index is 0.0915. The molecule has 0 heterocycles. The number of aromatic hydroxyl groups is 2. The van der Waals surface area contributed by atoms with Crippen LogP contribution in [0.5, 0.6) is 11.5 Å². The minimum Gasteiger partial charge on any atom is -0.508 e. The van der Waals surface area contributed by atoms with Gasteiger partial charge in [0.1, 0.15) is 11.5 Å². The Balaban J connectivity index is 1.97. The Morgan fingerprint density at radius 3 is 2.30 bits per heavy atom. The Labute approximate surface area is 122 Å². The molecule has 0 bridgehead atoms. The van der Waals surface area contributed by atoms with Crippen LogP contribution >= 0.6 is 0 Å². The van der Waals surface area contributed by atoms with Gasteiger partial charge in [-0.2, -0.15) is 0 Å². The molecule has 0 spiro atoms. The Kier molecular flexibility index (Phi) is 5.30. The van der Waals surface area contributed by atoms with Gasteiger partial charge in [-0.15, -0.1) is 0 Å². The highest BCUT2D eigenvalue weighted by atomic mass is 16.3. The molecule has 20 heavy (non-hydrogen) atoms. The maximum atomic E-state index is 9.93. The fourth-order valence-corrected chi connectivity index (χ4v) is 3.33. The Hall–Kier alpha value is -1.22. The average molecular weight is 277 g/mol. The highest BCUT2D eigenvalue weighted by molar-refractivity contribution is 5.40. The fraction of sp³-hybridized carbons (Fsp3) is 0.647. The van der Waals surface area contributed by atoms with Gasteiger partial charge in [0.2, 0.25) is 0 Å². The van der Waals surface area contributed by atoms with Crippen molar-refractivity contribution in [3.8, 4) is 11.5 Å². The van der Waals surface area contributed by atoms with Crippen LogP contribution in [0.25, 0.3) is 0 Å². The molecular weight excluding hydrogens is 250 g/mol. The normalized spacial score (nSPS) is 20.3. The van der Waals surface area contributed by atoms with Gasteiger partial charge >= 0.3 is 0 Å². The van der Waals surface area contributed by atoms with E-state index in [0.717, 1.165) is 11.5 Å². The summed E-state index contributed by atoms with van der Waals surface area (Å²) in [6, 6.07) is 5.38. The van der Waals surface area contributed by atoms with E-state index < -0.39 is 0 Å². The van der Waals surface area contributed by atoms with E-state index in [1.54, 1.807) is 12.1 Å². The van der Waals surface area contributed by atoms with E-state index in [0.29, 0.717) is 6.04 Å². The predicted molar refractivity (Wildman–Crippen MR) is 82.0 cm³/mol. The molecule has 1 unspecified atom stereocenters. The third-order valence-electron chi connectivity index (χ3n) is 4.60. The third-order valence-corrected chi connectivity index (χ3v) is 4.60. The van der Waals surface area contributed by atoms with E-state index in [4.69, 9.17) is 0 Å². The second-order valence-corrected chi connectivity index (χ2v) is 6.17. The number of benzene rings is 1. The molecule has 1 fully saturated rings. The fourth-order valence-electron chi connectivity index (χ4n) is 3.33. The zero-order chi connectivity index (χ0) is 14.5. The van der Waals surface area contributed by atoms with Crippen LogP contribution in [0, 0.1) is 5.92 Å². The summed E-state index contributed by atoms with van der Waals surface area (Å²) in [7, 11) is 0. The molecule has 3 heteroatoms. The lowest BCUT2D eigenvalue weighted by atomic mass is 9.92. The van der Waals surface area contributed by atoms with Crippen LogP contribution in [0.1, 0.15) is 64.0 Å². The lowest BCUT2D eigenvalue weighted by Crippen LogP contribution is -2.35. The Bertz CT molecular complexity index is 425. The number of rotatable bonds is 4. The molecular formula is C17H27NO2. The summed E-state index contributed by atoms with van der Waals surface area (Å²) in [5.41, 5.74) is 0.850. The van der Waals surface area contributed by atoms with E-state index >= 15 is 0 Å². The zero-order valence-corrected chi connectivity index (χ0v) is 12.6. The molecule has 2 rings (SSSR count). The summed E-state index contributed by atoms with van der Waals surface area (Å²) in [5.74, 6) is 1.01. The summed E-state index contributed by atoms with van der Waals surface area (Å²) < 4.78 is 0. The van der Waals surface area contributed by atoms with Crippen molar-refractivity contribution in [1.29, 1.82) is 0 Å². The van der Waals surface area contributed by atoms with Gasteiger partial charge in [0, 0.05) is 23.7 Å². The highest BCUT2D eigenvalue weighted by Gasteiger charge is 2.21. The number of phenolic OH excluding ortho intramolecular Hbond substituents is 2. The maximum absolute atomic E-state index is 9.93. The number of phenols is 2. The lowest BCUT2D eigenvalue weighted by molar-refractivity contribution is 0.313. The van der Waals surface area contributed by atoms with Gasteiger partial charge < -0.3 is 15.5 Å². The summed E-state index contributed by atoms with van der Waals surface area (Å²) >= 11 is 0. The lowest BCUT2D eigenvalue weighted by Gasteiger charge is -2.27. The molecule has 0 saturated heterocycles. The van der Waals surface area contributed by atoms with Crippen molar-refractivity contribution in [3.63, 3.8) is 0 Å². The van der Waals surface area contributed by atoms with Gasteiger partial charge in [-0.05, 0) is 38.7 Å². The first-order valence-electron chi connectivity index (χ1n) is 7.86. The van der Waals surface area contributed by atoms with E-state index in [1.807, 2.05) is 0 Å². The standard InChI is InChI=1S/C17H27NO2/c1-12(14-7-5-3-4-6-8-14)18-13(2)16-10-9-15(19)11-17(16)20/h9-14,18-20H,3-8H2,1-2H3/t12-,13?/m1/s1. The van der Waals surface area contributed by atoms with Crippen molar-refractivity contribution < 1.29 is 10.2 Å². The van der Waals surface area contributed by atoms with Gasteiger partial charge in [-0.3, -0.25) is 0 Å². The molecule has 1 aliphatic rings. The van der Waals surface area contributed by atoms with Crippen molar-refractivity contribution in [3.05, 3.63) is 23.8 Å². The number of hydrogen-bond donors (Lipinski definition) is 3. The first-order valence-corrected chi connectivity index (χ1v) is 7.86. The van der Waals surface area contributed by atoms with Crippen molar-refractivity contribution in [2.75, 3.05) is 0 Å². The summed E-state index contributed by atoms with van der Waals surface area (Å²) in [6.45, 7) is 4.32. The first kappa shape index (κ1) is 15.2. The Morgan fingerprint density at radius 1 is 1.05 bits per heavy atom. The molecule has 3 nitrogen and oxygen atoms in total. The maximum Gasteiger partial charge on any atom is 0.124 e. The number of hydrogen-bond acceptors (Lipinski definition) is 3. The van der Waals surface area contributed by atoms with Crippen LogP contribution in [0.15, 0.2) is 18.2 Å². The molecule has 1 aromatic rings. The molecule has 1 aromatic carbocycles. The van der Waals surface area contributed by atoms with E-state index in [-0.39, 0.29) is 17.5 Å². The largest absolute Gasteiger partial charge is 0.508 e. The molecule has 0 amide bonds. The monoisotopic (exact) mass is 277 g/mol. The van der Waals surface area contributed by atoms with Crippen LogP contribution in [-0.2, 0) is 0 Å². The second-order valence-electron chi connectivity index (χ2n) is 6.17. The quantitative estimate of drug-likeness (QED) is 0.726. The van der Waals surface area contributed by atoms with Crippen molar-refractivity contribution >= 4 is 0 Å². The molecule has 0 aliphatic heterocycles. The summed E-state index contributed by atoms with van der Waals surface area (Å²) in [6.07, 6.45) is 8.05. The molecule has 112 valence electrons. The van der Waals surface area contributed by atoms with Crippen LogP contribution in [0.3, 0.4) is 0 Å². The first-order chi connectivity index (χ1) is 9.58. The SMILES string of the molecule is CC(N[C@H](C)C1CCCCCC1)c1ccc(O)cc1O. The predicted octanol–water partition coefficient (Wildman–Crippen LogP) is 4.11. The molecule has 0 radical (unpaired) electrons. The van der Waals surface area contributed by atoms with Gasteiger partial charge in [0.25, 0.3) is 0 Å². The van der Waals surface area contributed by atoms with E-state index in [1.165, 1.54) is 44.6 Å². The average Bonchev–Trinajstić information content (AvgIpc) is 2.67. The smallest absolute Gasteiger partial charge is 0.124 e. The van der Waals surface area contributed by atoms with Gasteiger partial charge in [-0.1, -0.05) is 31.7 Å². The molecule has 2 atom stereocenters. The molecule has 1 aliphatic carbocycles. The third kappa shape index (κ3) is 3.89. The van der Waals surface area contributed by atoms with Crippen LogP contribution in [0.2, 0.25) is 0 Å². The van der Waals surface area contributed by atoms with Crippen LogP contribution < -0.4 is 5.32 Å². The van der Waals surface area contributed by atoms with Gasteiger partial charge in [-0.25, -0.2) is 0 Å². The zero-order valence-electron chi connectivity index (χ0n) is 12.6. The molecule has 0 aromatic heterocycles. The molecule has 1 saturated carbocycles. The minimum absolute atomic E-state index is 0.0915. The van der Waals surface area contributed by atoms with Crippen molar-refractivity contribution in [2.24, 2.45) is 5.92 Å². The number of nitrogens with one attached hydrogen (secondary N) is 1. The van der Waals surface area contributed by atoms with Crippen LogP contribution in [0.4, 0.5) is 0 Å². The van der Waals surface area contributed by atoms with Crippen LogP contribution in [-0.4, -0.2) is 16.3 Å². The van der Waals surface area contributed by atoms with Crippen molar-refractivity contribution in [1.82, 2.24) is 5.32 Å². The summed E-state index contributed by atoms with van der Waals surface area (Å²) in [4.78, 5) is 0. The van der Waals surface area contributed by atoms with Crippen molar-refractivity contribution in [2.45, 2.75) is 64.5 Å². The molecule has 3 N–H and O–H groups in total. The van der Waals surface area contributed by atoms with Gasteiger partial charge in [0.15, 0.2) is 0 Å². The van der Waals surface area contributed by atoms with E-state index in [2.05, 4.69) is 19.2 Å². The second kappa shape index (κ2) is 6.98. The highest BCUT2D eigenvalue weighted by Crippen LogP contribution is 2.30. The topological polar surface area (TPSA) is 52.5 Å². The summed E-state index contributed by atoms with van der Waals surface area (Å²) in [5, 5.41) is 22.9.